The lowest BCUT2D eigenvalue weighted by Crippen LogP contribution is -2.49. The number of aromatic nitrogens is 2. The van der Waals surface area contributed by atoms with E-state index in [4.69, 9.17) is 25.8 Å². The Morgan fingerprint density at radius 3 is 2.41 bits per heavy atom. The van der Waals surface area contributed by atoms with Crippen LogP contribution < -0.4 is 25.0 Å². The van der Waals surface area contributed by atoms with Crippen molar-refractivity contribution < 1.29 is 22.6 Å². The van der Waals surface area contributed by atoms with Crippen LogP contribution in [0.5, 0.6) is 11.5 Å². The van der Waals surface area contributed by atoms with Crippen molar-refractivity contribution in [2.75, 3.05) is 75.4 Å². The van der Waals surface area contributed by atoms with Crippen molar-refractivity contribution in [3.8, 4) is 11.5 Å². The molecule has 0 unspecified atom stereocenters. The minimum Gasteiger partial charge on any atom is -0.497 e. The number of nitrogens with zero attached hydrogens (tertiary/aromatic N) is 4. The van der Waals surface area contributed by atoms with Crippen LogP contribution in [0.4, 0.5) is 28.8 Å². The second-order valence-corrected chi connectivity index (χ2v) is 13.7. The average molecular weight is 645 g/mol. The van der Waals surface area contributed by atoms with Gasteiger partial charge in [0.15, 0.2) is 15.7 Å². The van der Waals surface area contributed by atoms with E-state index in [1.165, 1.54) is 30.8 Å². The van der Waals surface area contributed by atoms with Gasteiger partial charge in [-0.05, 0) is 54.7 Å². The SMILES string of the molecule is CCc1cc(Nc2ncc(Cl)c(Nc3ccc(OC)cc3CS(C)(=O)=O)n2)c(OC)cc1N1CCC(N2CCOCC2)CC1. The molecule has 0 spiro atoms. The summed E-state index contributed by atoms with van der Waals surface area (Å²) in [4.78, 5) is 14.0. The molecule has 0 atom stereocenters. The van der Waals surface area contributed by atoms with Crippen LogP contribution in [0.25, 0.3) is 0 Å². The van der Waals surface area contributed by atoms with Crippen LogP contribution >= 0.6 is 11.6 Å². The van der Waals surface area contributed by atoms with Crippen LogP contribution in [-0.4, -0.2) is 89.2 Å². The van der Waals surface area contributed by atoms with Gasteiger partial charge in [-0.3, -0.25) is 4.90 Å². The third-order valence-corrected chi connectivity index (χ3v) is 9.23. The predicted molar refractivity (Wildman–Crippen MR) is 175 cm³/mol. The van der Waals surface area contributed by atoms with Gasteiger partial charge in [-0.25, -0.2) is 13.4 Å². The van der Waals surface area contributed by atoms with Crippen molar-refractivity contribution in [3.05, 3.63) is 52.7 Å². The summed E-state index contributed by atoms with van der Waals surface area (Å²) < 4.78 is 40.9. The van der Waals surface area contributed by atoms with E-state index >= 15 is 0 Å². The number of nitrogens with one attached hydrogen (secondary N) is 2. The average Bonchev–Trinajstić information content (AvgIpc) is 3.03. The lowest BCUT2D eigenvalue weighted by Gasteiger charge is -2.41. The maximum absolute atomic E-state index is 12.1. The van der Waals surface area contributed by atoms with Crippen molar-refractivity contribution in [2.24, 2.45) is 0 Å². The maximum atomic E-state index is 12.1. The predicted octanol–water partition coefficient (Wildman–Crippen LogP) is 5.04. The first kappa shape index (κ1) is 32.1. The molecule has 2 aliphatic rings. The van der Waals surface area contributed by atoms with E-state index in [-0.39, 0.29) is 10.8 Å². The monoisotopic (exact) mass is 644 g/mol. The Labute approximate surface area is 264 Å². The van der Waals surface area contributed by atoms with Crippen LogP contribution in [0, 0.1) is 0 Å². The number of anilines is 5. The normalized spacial score (nSPS) is 16.5. The first-order valence-corrected chi connectivity index (χ1v) is 17.3. The van der Waals surface area contributed by atoms with Crippen molar-refractivity contribution in [2.45, 2.75) is 38.0 Å². The van der Waals surface area contributed by atoms with Gasteiger partial charge in [0.25, 0.3) is 0 Å². The Morgan fingerprint density at radius 1 is 1.00 bits per heavy atom. The molecular formula is C31H41ClN6O5S. The number of ether oxygens (including phenoxy) is 3. The second kappa shape index (κ2) is 14.2. The number of hydrogen-bond acceptors (Lipinski definition) is 11. The first-order chi connectivity index (χ1) is 21.2. The number of piperidine rings is 1. The topological polar surface area (TPSA) is 118 Å². The quantitative estimate of drug-likeness (QED) is 0.292. The first-order valence-electron chi connectivity index (χ1n) is 14.9. The summed E-state index contributed by atoms with van der Waals surface area (Å²) in [5, 5.41) is 6.77. The van der Waals surface area contributed by atoms with E-state index < -0.39 is 9.84 Å². The molecule has 2 aromatic carbocycles. The van der Waals surface area contributed by atoms with Gasteiger partial charge in [-0.15, -0.1) is 0 Å². The zero-order chi connectivity index (χ0) is 31.3. The van der Waals surface area contributed by atoms with Crippen molar-refractivity contribution in [1.82, 2.24) is 14.9 Å². The van der Waals surface area contributed by atoms with Gasteiger partial charge in [-0.2, -0.15) is 4.98 Å². The fraction of sp³-hybridized carbons (Fsp3) is 0.484. The zero-order valence-electron chi connectivity index (χ0n) is 25.7. The van der Waals surface area contributed by atoms with Gasteiger partial charge in [-0.1, -0.05) is 18.5 Å². The number of rotatable bonds is 11. The number of benzene rings is 2. The number of halogens is 1. The fourth-order valence-corrected chi connectivity index (χ4v) is 6.80. The van der Waals surface area contributed by atoms with E-state index in [2.05, 4.69) is 49.5 Å². The van der Waals surface area contributed by atoms with Gasteiger partial charge in [0, 0.05) is 55.9 Å². The smallest absolute Gasteiger partial charge is 0.229 e. The minimum absolute atomic E-state index is 0.172. The number of methoxy groups -OCH3 is 2. The molecule has 0 aliphatic carbocycles. The molecule has 238 valence electrons. The highest BCUT2D eigenvalue weighted by atomic mass is 35.5. The molecule has 2 N–H and O–H groups in total. The minimum atomic E-state index is -3.31. The summed E-state index contributed by atoms with van der Waals surface area (Å²) in [6, 6.07) is 9.96. The molecule has 0 amide bonds. The van der Waals surface area contributed by atoms with E-state index in [1.54, 1.807) is 25.3 Å². The summed E-state index contributed by atoms with van der Waals surface area (Å²) >= 11 is 6.47. The number of sulfone groups is 1. The molecule has 44 heavy (non-hydrogen) atoms. The van der Waals surface area contributed by atoms with Crippen molar-refractivity contribution in [3.63, 3.8) is 0 Å². The van der Waals surface area contributed by atoms with Gasteiger partial charge in [0.1, 0.15) is 16.5 Å². The molecular weight excluding hydrogens is 604 g/mol. The summed E-state index contributed by atoms with van der Waals surface area (Å²) in [6.07, 6.45) is 5.79. The highest BCUT2D eigenvalue weighted by Gasteiger charge is 2.27. The molecule has 0 saturated carbocycles. The maximum Gasteiger partial charge on any atom is 0.229 e. The van der Waals surface area contributed by atoms with Gasteiger partial charge in [0.05, 0.1) is 45.1 Å². The van der Waals surface area contributed by atoms with Crippen LogP contribution in [0.15, 0.2) is 36.5 Å². The standard InChI is InChI=1S/C31H41ClN6O5S/c1-5-21-17-27(29(42-3)18-28(21)38-10-8-23(9-11-38)37-12-14-43-15-13-37)35-31-33-19-25(32)30(36-31)34-26-7-6-24(41-2)16-22(26)20-44(4,39)40/h6-7,16-19,23H,5,8-15,20H2,1-4H3,(H2,33,34,35,36). The van der Waals surface area contributed by atoms with Crippen LogP contribution in [-0.2, 0) is 26.7 Å². The zero-order valence-corrected chi connectivity index (χ0v) is 27.3. The van der Waals surface area contributed by atoms with Gasteiger partial charge in [0.2, 0.25) is 5.95 Å². The molecule has 0 bridgehead atoms. The summed E-state index contributed by atoms with van der Waals surface area (Å²) in [5.74, 6) is 1.71. The molecule has 2 aliphatic heterocycles. The highest BCUT2D eigenvalue weighted by molar-refractivity contribution is 7.89. The fourth-order valence-electron chi connectivity index (χ4n) is 5.86. The lowest BCUT2D eigenvalue weighted by atomic mass is 10.00. The number of aryl methyl sites for hydroxylation is 1. The lowest BCUT2D eigenvalue weighted by molar-refractivity contribution is 0.0115. The number of hydrogen-bond donors (Lipinski definition) is 2. The van der Waals surface area contributed by atoms with Gasteiger partial charge < -0.3 is 29.7 Å². The summed E-state index contributed by atoms with van der Waals surface area (Å²) in [7, 11) is -0.119. The Hall–Kier alpha value is -3.32. The molecule has 0 radical (unpaired) electrons. The molecule has 1 aromatic heterocycles. The highest BCUT2D eigenvalue weighted by Crippen LogP contribution is 2.37. The van der Waals surface area contributed by atoms with E-state index in [9.17, 15) is 8.42 Å². The Kier molecular flexibility index (Phi) is 10.3. The van der Waals surface area contributed by atoms with E-state index in [0.717, 1.165) is 64.3 Å². The molecule has 13 heteroatoms. The summed E-state index contributed by atoms with van der Waals surface area (Å²) in [5.41, 5.74) is 4.22. The van der Waals surface area contributed by atoms with Crippen molar-refractivity contribution >= 4 is 50.3 Å². The summed E-state index contributed by atoms with van der Waals surface area (Å²) in [6.45, 7) is 7.83. The van der Waals surface area contributed by atoms with E-state index in [1.807, 2.05) is 0 Å². The van der Waals surface area contributed by atoms with Gasteiger partial charge >= 0.3 is 0 Å². The van der Waals surface area contributed by atoms with Crippen LogP contribution in [0.2, 0.25) is 5.02 Å². The Morgan fingerprint density at radius 2 is 1.75 bits per heavy atom. The van der Waals surface area contributed by atoms with E-state index in [0.29, 0.717) is 40.6 Å². The number of morpholine rings is 1. The molecule has 3 aromatic rings. The van der Waals surface area contributed by atoms with Crippen LogP contribution in [0.1, 0.15) is 30.9 Å². The second-order valence-electron chi connectivity index (χ2n) is 11.1. The molecule has 5 rings (SSSR count). The third kappa shape index (κ3) is 7.84. The molecule has 2 fully saturated rings. The molecule has 3 heterocycles. The molecule has 2 saturated heterocycles. The Balaban J connectivity index is 1.35. The third-order valence-electron chi connectivity index (χ3n) is 8.12. The Bertz CT molecular complexity index is 1560. The van der Waals surface area contributed by atoms with Crippen molar-refractivity contribution in [1.29, 1.82) is 0 Å². The van der Waals surface area contributed by atoms with Crippen LogP contribution in [0.3, 0.4) is 0 Å². The molecule has 11 nitrogen and oxygen atoms in total. The largest absolute Gasteiger partial charge is 0.497 e.